The Morgan fingerprint density at radius 2 is 1.24 bits per heavy atom. The van der Waals surface area contributed by atoms with Crippen LogP contribution in [0.15, 0.2) is 60.7 Å². The Morgan fingerprint density at radius 1 is 0.745 bits per heavy atom. The van der Waals surface area contributed by atoms with Crippen LogP contribution < -0.4 is 5.11 Å². The largest absolute Gasteiger partial charge is 0.542 e. The van der Waals surface area contributed by atoms with Crippen LogP contribution in [0, 0.1) is 11.8 Å². The van der Waals surface area contributed by atoms with E-state index in [0.29, 0.717) is 18.0 Å². The summed E-state index contributed by atoms with van der Waals surface area (Å²) in [6, 6.07) is 22.0. The summed E-state index contributed by atoms with van der Waals surface area (Å²) in [6.45, 7) is 2.66. The van der Waals surface area contributed by atoms with Gasteiger partial charge in [0.2, 0.25) is 5.60 Å². The molecular weight excluding hydrogens is 676 g/mol. The van der Waals surface area contributed by atoms with Gasteiger partial charge in [-0.3, -0.25) is 0 Å². The fraction of sp³-hybridized carbons (Fsp3) is 0.659. The van der Waals surface area contributed by atoms with Gasteiger partial charge in [-0.05, 0) is 54.4 Å². The van der Waals surface area contributed by atoms with E-state index in [2.05, 4.69) is 48.5 Å². The zero-order valence-corrected chi connectivity index (χ0v) is 30.5. The van der Waals surface area contributed by atoms with Gasteiger partial charge >= 0.3 is 12.1 Å². The van der Waals surface area contributed by atoms with Crippen LogP contribution >= 0.6 is 11.8 Å². The van der Waals surface area contributed by atoms with Crippen LogP contribution in [0.1, 0.15) is 114 Å². The minimum atomic E-state index is -5.19. The van der Waals surface area contributed by atoms with Crippen molar-refractivity contribution in [2.24, 2.45) is 11.8 Å². The molecule has 2 bridgehead atoms. The summed E-state index contributed by atoms with van der Waals surface area (Å²) in [6.07, 6.45) is 15.0. The molecule has 3 saturated heterocycles. The third kappa shape index (κ3) is 8.81. The van der Waals surface area contributed by atoms with Gasteiger partial charge in [0.25, 0.3) is 0 Å². The van der Waals surface area contributed by atoms with Crippen LogP contribution in [0.25, 0.3) is 0 Å². The molecule has 2 aromatic rings. The van der Waals surface area contributed by atoms with Crippen molar-refractivity contribution < 1.29 is 41.8 Å². The van der Waals surface area contributed by atoms with Crippen LogP contribution in [-0.2, 0) is 24.7 Å². The standard InChI is InChI=1S/C39H54NO3S.C2HF3O2/c41-38(42-36-27-34-23-24-35(28-36)40(34)25-13-14-26-40)39(32-19-9-3-10-20-32,33-21-11-4-12-22-33)43-37(31-17-7-2-8-18-31)44-29-30-15-5-1-6-16-30;3-2(4,5)1(6)7/h3-4,9-12,19-22,30-31,34-37H,1-2,5-8,13-18,23-29H2;(H,6,7)/q+1;/p-1. The van der Waals surface area contributed by atoms with Crippen molar-refractivity contribution >= 4 is 23.7 Å². The number of thioether (sulfide) groups is 1. The van der Waals surface area contributed by atoms with Gasteiger partial charge in [0.1, 0.15) is 17.5 Å². The molecule has 0 amide bonds. The number of carbonyl (C=O) groups is 2. The highest BCUT2D eigenvalue weighted by Gasteiger charge is 2.57. The number of hydrogen-bond acceptors (Lipinski definition) is 6. The second-order valence-electron chi connectivity index (χ2n) is 15.6. The van der Waals surface area contributed by atoms with E-state index in [9.17, 15) is 13.2 Å². The summed E-state index contributed by atoms with van der Waals surface area (Å²) in [5, 5.41) is 8.78. The molecule has 6 nitrogen and oxygen atoms in total. The molecule has 2 aromatic carbocycles. The van der Waals surface area contributed by atoms with Crippen LogP contribution in [0.5, 0.6) is 0 Å². The monoisotopic (exact) mass is 729 g/mol. The molecule has 0 radical (unpaired) electrons. The summed E-state index contributed by atoms with van der Waals surface area (Å²) < 4.78 is 47.1. The molecule has 1 spiro atoms. The Hall–Kier alpha value is -2.56. The molecule has 5 fully saturated rings. The fourth-order valence-corrected chi connectivity index (χ4v) is 11.5. The molecular formula is C41H54F3NO5S. The smallest absolute Gasteiger partial charge is 0.430 e. The molecule has 3 heterocycles. The van der Waals surface area contributed by atoms with Gasteiger partial charge in [0, 0.05) is 38.5 Å². The molecule has 7 rings (SSSR count). The van der Waals surface area contributed by atoms with E-state index in [1.807, 2.05) is 23.9 Å². The minimum Gasteiger partial charge on any atom is -0.542 e. The van der Waals surface area contributed by atoms with Crippen molar-refractivity contribution in [1.82, 2.24) is 0 Å². The Balaban J connectivity index is 0.000000582. The van der Waals surface area contributed by atoms with Crippen molar-refractivity contribution in [3.63, 3.8) is 0 Å². The number of benzene rings is 2. The van der Waals surface area contributed by atoms with Gasteiger partial charge in [0.05, 0.1) is 25.2 Å². The van der Waals surface area contributed by atoms with Crippen LogP contribution in [0.2, 0.25) is 0 Å². The number of aliphatic carboxylic acids is 1. The summed E-state index contributed by atoms with van der Waals surface area (Å²) in [5.74, 6) is -0.860. The molecule has 10 heteroatoms. The first-order chi connectivity index (χ1) is 24.6. The maximum atomic E-state index is 15.0. The van der Waals surface area contributed by atoms with Crippen LogP contribution in [0.3, 0.4) is 0 Å². The van der Waals surface area contributed by atoms with Crippen molar-refractivity contribution in [2.45, 2.75) is 138 Å². The van der Waals surface area contributed by atoms with Gasteiger partial charge < -0.3 is 23.9 Å². The molecule has 2 aliphatic carbocycles. The average Bonchev–Trinajstić information content (AvgIpc) is 3.69. The lowest BCUT2D eigenvalue weighted by Gasteiger charge is -2.47. The Morgan fingerprint density at radius 3 is 1.73 bits per heavy atom. The lowest BCUT2D eigenvalue weighted by molar-refractivity contribution is -0.956. The van der Waals surface area contributed by atoms with Gasteiger partial charge in [-0.2, -0.15) is 13.2 Å². The maximum Gasteiger partial charge on any atom is 0.430 e. The van der Waals surface area contributed by atoms with Crippen LogP contribution in [-0.4, -0.2) is 65.1 Å². The van der Waals surface area contributed by atoms with E-state index >= 15 is 4.79 Å². The van der Waals surface area contributed by atoms with Gasteiger partial charge in [-0.15, -0.1) is 11.8 Å². The predicted octanol–water partition coefficient (Wildman–Crippen LogP) is 8.31. The average molecular weight is 730 g/mol. The molecule has 280 valence electrons. The van der Waals surface area contributed by atoms with Crippen molar-refractivity contribution in [3.8, 4) is 0 Å². The molecule has 0 N–H and O–H groups in total. The number of piperidine rings is 1. The second-order valence-corrected chi connectivity index (χ2v) is 16.7. The third-order valence-corrected chi connectivity index (χ3v) is 13.9. The Kier molecular flexibility index (Phi) is 12.8. The lowest BCUT2D eigenvalue weighted by atomic mass is 9.84. The van der Waals surface area contributed by atoms with Crippen molar-refractivity contribution in [2.75, 3.05) is 18.8 Å². The Labute approximate surface area is 305 Å². The number of ether oxygens (including phenoxy) is 2. The summed E-state index contributed by atoms with van der Waals surface area (Å²) in [5.41, 5.74) is 0.487. The van der Waals surface area contributed by atoms with E-state index in [0.717, 1.165) is 35.6 Å². The van der Waals surface area contributed by atoms with E-state index in [1.54, 1.807) is 0 Å². The van der Waals surface area contributed by atoms with Crippen molar-refractivity contribution in [3.05, 3.63) is 71.8 Å². The number of alkyl halides is 3. The van der Waals surface area contributed by atoms with Crippen molar-refractivity contribution in [1.29, 1.82) is 0 Å². The van der Waals surface area contributed by atoms with Gasteiger partial charge in [0.15, 0.2) is 0 Å². The quantitative estimate of drug-likeness (QED) is 0.139. The number of carbonyl (C=O) groups excluding carboxylic acids is 2. The SMILES string of the molecule is O=C(OC1CC2CCC(C1)[N+]21CCCC1)C(OC(SCC1CCCCC1)C1CCCCC1)(c1ccccc1)c1ccccc1.O=C([O-])C(F)(F)F. The number of nitrogens with zero attached hydrogens (tertiary/aromatic N) is 1. The molecule has 51 heavy (non-hydrogen) atoms. The van der Waals surface area contributed by atoms with E-state index in [1.165, 1.54) is 107 Å². The summed E-state index contributed by atoms with van der Waals surface area (Å²) in [7, 11) is 0. The van der Waals surface area contributed by atoms with Gasteiger partial charge in [-0.25, -0.2) is 4.79 Å². The van der Waals surface area contributed by atoms with Gasteiger partial charge in [-0.1, -0.05) is 99.2 Å². The predicted molar refractivity (Wildman–Crippen MR) is 190 cm³/mol. The second kappa shape index (κ2) is 17.1. The summed E-state index contributed by atoms with van der Waals surface area (Å²) >= 11 is 2.01. The lowest BCUT2D eigenvalue weighted by Crippen LogP contribution is -2.60. The highest BCUT2D eigenvalue weighted by Crippen LogP contribution is 2.48. The third-order valence-electron chi connectivity index (χ3n) is 12.5. The number of carboxylic acids is 1. The highest BCUT2D eigenvalue weighted by molar-refractivity contribution is 7.99. The molecule has 5 aliphatic rings. The number of carboxylic acid groups (broad SMARTS) is 1. The maximum absolute atomic E-state index is 15.0. The summed E-state index contributed by atoms with van der Waals surface area (Å²) in [4.78, 5) is 23.8. The first kappa shape index (κ1) is 38.2. The zero-order chi connectivity index (χ0) is 35.9. The minimum absolute atomic E-state index is 0.0252. The number of hydrogen-bond donors (Lipinski definition) is 0. The molecule has 0 aromatic heterocycles. The van der Waals surface area contributed by atoms with E-state index in [4.69, 9.17) is 19.4 Å². The molecule has 2 saturated carbocycles. The zero-order valence-electron chi connectivity index (χ0n) is 29.7. The molecule has 3 aliphatic heterocycles. The number of esters is 1. The number of halogens is 3. The van der Waals surface area contributed by atoms with E-state index in [-0.39, 0.29) is 17.5 Å². The fourth-order valence-electron chi connectivity index (χ4n) is 9.90. The van der Waals surface area contributed by atoms with Crippen LogP contribution in [0.4, 0.5) is 13.2 Å². The number of quaternary nitrogens is 1. The highest BCUT2D eigenvalue weighted by atomic mass is 32.2. The normalized spacial score (nSPS) is 25.9. The first-order valence-corrected chi connectivity index (χ1v) is 20.4. The first-order valence-electron chi connectivity index (χ1n) is 19.4. The Bertz CT molecular complexity index is 1350. The molecule has 3 atom stereocenters. The van der Waals surface area contributed by atoms with E-state index < -0.39 is 17.7 Å². The molecule has 3 unspecified atom stereocenters. The topological polar surface area (TPSA) is 75.7 Å². The number of rotatable bonds is 10.